The number of hydrogen-bond donors (Lipinski definition) is 3. The highest BCUT2D eigenvalue weighted by Crippen LogP contribution is 2.27. The van der Waals surface area contributed by atoms with Crippen molar-refractivity contribution < 1.29 is 19.1 Å². The van der Waals surface area contributed by atoms with Crippen LogP contribution in [0.2, 0.25) is 0 Å². The normalized spacial score (nSPS) is 9.88. The Morgan fingerprint density at radius 3 is 2.52 bits per heavy atom. The molecule has 0 heterocycles. The van der Waals surface area contributed by atoms with Crippen molar-refractivity contribution in [2.24, 2.45) is 0 Å². The van der Waals surface area contributed by atoms with Crippen LogP contribution in [-0.4, -0.2) is 37.8 Å². The molecule has 25 heavy (non-hydrogen) atoms. The summed E-state index contributed by atoms with van der Waals surface area (Å²) in [5, 5.41) is 9.35. The maximum atomic E-state index is 11.2. The summed E-state index contributed by atoms with van der Waals surface area (Å²) in [5.74, 6) is 0.288. The van der Waals surface area contributed by atoms with Crippen LogP contribution in [0.15, 0.2) is 18.2 Å². The van der Waals surface area contributed by atoms with Crippen LogP contribution in [0.25, 0.3) is 0 Å². The molecule has 1 amide bonds. The van der Waals surface area contributed by atoms with Crippen molar-refractivity contribution in [3.63, 3.8) is 0 Å². The van der Waals surface area contributed by atoms with Gasteiger partial charge < -0.3 is 25.4 Å². The number of methoxy groups -OCH3 is 2. The van der Waals surface area contributed by atoms with Crippen LogP contribution in [-0.2, 0) is 14.3 Å². The number of esters is 1. The summed E-state index contributed by atoms with van der Waals surface area (Å²) in [6.45, 7) is 2.14. The average molecular weight is 367 g/mol. The van der Waals surface area contributed by atoms with E-state index in [4.69, 9.17) is 17.0 Å². The van der Waals surface area contributed by atoms with Crippen LogP contribution in [0.4, 0.5) is 11.4 Å². The number of unbranched alkanes of at least 4 members (excludes halogenated alkanes) is 2. The van der Waals surface area contributed by atoms with Gasteiger partial charge in [0.05, 0.1) is 19.9 Å². The fourth-order valence-corrected chi connectivity index (χ4v) is 2.34. The first kappa shape index (κ1) is 20.7. The van der Waals surface area contributed by atoms with Gasteiger partial charge in [0, 0.05) is 25.6 Å². The lowest BCUT2D eigenvalue weighted by Crippen LogP contribution is -2.29. The van der Waals surface area contributed by atoms with Crippen LogP contribution in [0.1, 0.15) is 32.6 Å². The Kier molecular flexibility index (Phi) is 9.31. The maximum absolute atomic E-state index is 11.2. The van der Waals surface area contributed by atoms with Crippen molar-refractivity contribution in [1.29, 1.82) is 0 Å². The Bertz CT molecular complexity index is 608. The topological polar surface area (TPSA) is 88.7 Å². The van der Waals surface area contributed by atoms with Gasteiger partial charge in [-0.2, -0.15) is 0 Å². The molecule has 0 bridgehead atoms. The summed E-state index contributed by atoms with van der Waals surface area (Å²) in [7, 11) is 2.96. The lowest BCUT2D eigenvalue weighted by atomic mass is 10.2. The molecule has 0 atom stereocenters. The van der Waals surface area contributed by atoms with Gasteiger partial charge >= 0.3 is 5.97 Å². The van der Waals surface area contributed by atoms with Crippen molar-refractivity contribution in [3.05, 3.63) is 18.2 Å². The Morgan fingerprint density at radius 1 is 1.12 bits per heavy atom. The molecule has 1 aromatic carbocycles. The second-order valence-corrected chi connectivity index (χ2v) is 5.77. The highest BCUT2D eigenvalue weighted by atomic mass is 32.1. The summed E-state index contributed by atoms with van der Waals surface area (Å²) in [5.41, 5.74) is 1.32. The molecule has 0 unspecified atom stereocenters. The van der Waals surface area contributed by atoms with E-state index in [-0.39, 0.29) is 11.9 Å². The highest BCUT2D eigenvalue weighted by Gasteiger charge is 2.07. The molecule has 0 radical (unpaired) electrons. The van der Waals surface area contributed by atoms with Gasteiger partial charge in [0.1, 0.15) is 5.75 Å². The number of nitrogens with one attached hydrogen (secondary N) is 3. The smallest absolute Gasteiger partial charge is 0.305 e. The van der Waals surface area contributed by atoms with Crippen molar-refractivity contribution in [2.45, 2.75) is 32.6 Å². The second-order valence-electron chi connectivity index (χ2n) is 5.36. The van der Waals surface area contributed by atoms with Crippen molar-refractivity contribution in [2.75, 3.05) is 31.4 Å². The molecule has 1 rings (SSSR count). The summed E-state index contributed by atoms with van der Waals surface area (Å²) in [6.07, 6.45) is 3.03. The first-order valence-electron chi connectivity index (χ1n) is 8.03. The van der Waals surface area contributed by atoms with Gasteiger partial charge in [-0.25, -0.2) is 0 Å². The first-order chi connectivity index (χ1) is 12.0. The largest absolute Gasteiger partial charge is 0.495 e. The van der Waals surface area contributed by atoms with Crippen LogP contribution in [0.3, 0.4) is 0 Å². The molecule has 1 aromatic rings. The van der Waals surface area contributed by atoms with Crippen molar-refractivity contribution in [3.8, 4) is 5.75 Å². The van der Waals surface area contributed by atoms with E-state index in [0.717, 1.165) is 19.3 Å². The summed E-state index contributed by atoms with van der Waals surface area (Å²) in [6, 6.07) is 5.26. The summed E-state index contributed by atoms with van der Waals surface area (Å²) < 4.78 is 9.88. The van der Waals surface area contributed by atoms with Gasteiger partial charge in [0.25, 0.3) is 0 Å². The summed E-state index contributed by atoms with van der Waals surface area (Å²) in [4.78, 5) is 22.2. The van der Waals surface area contributed by atoms with Gasteiger partial charge in [0.2, 0.25) is 5.91 Å². The minimum atomic E-state index is -0.184. The Balaban J connectivity index is 2.42. The maximum Gasteiger partial charge on any atom is 0.305 e. The number of amides is 1. The molecule has 8 heteroatoms. The third-order valence-corrected chi connectivity index (χ3v) is 3.59. The van der Waals surface area contributed by atoms with E-state index in [0.29, 0.717) is 35.2 Å². The zero-order valence-electron chi connectivity index (χ0n) is 14.8. The minimum Gasteiger partial charge on any atom is -0.495 e. The SMILES string of the molecule is COC(=O)CCCCCNC(=S)Nc1cc(NC(C)=O)ccc1OC. The number of rotatable bonds is 9. The number of ether oxygens (including phenoxy) is 2. The standard InChI is InChI=1S/C17H25N3O4S/c1-12(21)19-13-8-9-15(23-2)14(11-13)20-17(25)18-10-6-4-5-7-16(22)24-3/h8-9,11H,4-7,10H2,1-3H3,(H,19,21)(H2,18,20,25). The van der Waals surface area contributed by atoms with Crippen molar-refractivity contribution in [1.82, 2.24) is 5.32 Å². The Morgan fingerprint density at radius 2 is 1.88 bits per heavy atom. The molecule has 0 aliphatic carbocycles. The minimum absolute atomic E-state index is 0.149. The molecule has 7 nitrogen and oxygen atoms in total. The fourth-order valence-electron chi connectivity index (χ4n) is 2.13. The lowest BCUT2D eigenvalue weighted by Gasteiger charge is -2.15. The monoisotopic (exact) mass is 367 g/mol. The molecule has 0 aliphatic heterocycles. The molecule has 0 saturated carbocycles. The van der Waals surface area contributed by atoms with Gasteiger partial charge in [-0.3, -0.25) is 9.59 Å². The number of carbonyl (C=O) groups is 2. The molecule has 0 saturated heterocycles. The average Bonchev–Trinajstić information content (AvgIpc) is 2.57. The van der Waals surface area contributed by atoms with Crippen LogP contribution in [0.5, 0.6) is 5.75 Å². The zero-order valence-corrected chi connectivity index (χ0v) is 15.6. The van der Waals surface area contributed by atoms with E-state index < -0.39 is 0 Å². The number of anilines is 2. The van der Waals surface area contributed by atoms with Gasteiger partial charge in [0.15, 0.2) is 5.11 Å². The fraction of sp³-hybridized carbons (Fsp3) is 0.471. The highest BCUT2D eigenvalue weighted by molar-refractivity contribution is 7.80. The van der Waals surface area contributed by atoms with E-state index in [2.05, 4.69) is 20.7 Å². The molecular weight excluding hydrogens is 342 g/mol. The number of hydrogen-bond acceptors (Lipinski definition) is 5. The predicted octanol–water partition coefficient (Wildman–Crippen LogP) is 2.67. The molecule has 3 N–H and O–H groups in total. The molecule has 138 valence electrons. The van der Waals surface area contributed by atoms with E-state index in [1.54, 1.807) is 25.3 Å². The lowest BCUT2D eigenvalue weighted by molar-refractivity contribution is -0.140. The zero-order chi connectivity index (χ0) is 18.7. The van der Waals surface area contributed by atoms with E-state index in [9.17, 15) is 9.59 Å². The Hall–Kier alpha value is -2.35. The second kappa shape index (κ2) is 11.2. The number of benzene rings is 1. The first-order valence-corrected chi connectivity index (χ1v) is 8.44. The quantitative estimate of drug-likeness (QED) is 0.351. The summed E-state index contributed by atoms with van der Waals surface area (Å²) >= 11 is 5.27. The molecule has 0 aliphatic rings. The van der Waals surface area contributed by atoms with Crippen LogP contribution < -0.4 is 20.7 Å². The number of thiocarbonyl (C=S) groups is 1. The molecular formula is C17H25N3O4S. The molecule has 0 aromatic heterocycles. The van der Waals surface area contributed by atoms with Crippen LogP contribution in [0, 0.1) is 0 Å². The van der Waals surface area contributed by atoms with Crippen molar-refractivity contribution >= 4 is 40.6 Å². The van der Waals surface area contributed by atoms with E-state index >= 15 is 0 Å². The van der Waals surface area contributed by atoms with Gasteiger partial charge in [-0.15, -0.1) is 0 Å². The van der Waals surface area contributed by atoms with E-state index in [1.165, 1.54) is 14.0 Å². The van der Waals surface area contributed by atoms with Gasteiger partial charge in [-0.1, -0.05) is 6.42 Å². The Labute approximate surface area is 153 Å². The number of carbonyl (C=O) groups excluding carboxylic acids is 2. The van der Waals surface area contributed by atoms with E-state index in [1.807, 2.05) is 0 Å². The van der Waals surface area contributed by atoms with Crippen LogP contribution >= 0.6 is 12.2 Å². The molecule has 0 spiro atoms. The third kappa shape index (κ3) is 8.35. The molecule has 0 fully saturated rings. The van der Waals surface area contributed by atoms with Gasteiger partial charge in [-0.05, 0) is 43.3 Å². The predicted molar refractivity (Wildman–Crippen MR) is 102 cm³/mol. The third-order valence-electron chi connectivity index (χ3n) is 3.34.